The summed E-state index contributed by atoms with van der Waals surface area (Å²) in [6.45, 7) is 4.82. The fourth-order valence-corrected chi connectivity index (χ4v) is 2.76. The fraction of sp³-hybridized carbons (Fsp3) is 0.143. The molecule has 0 spiro atoms. The van der Waals surface area contributed by atoms with Gasteiger partial charge in [-0.2, -0.15) is 9.97 Å². The van der Waals surface area contributed by atoms with E-state index in [1.807, 2.05) is 24.3 Å². The van der Waals surface area contributed by atoms with Gasteiger partial charge >= 0.3 is 0 Å². The molecule has 0 fully saturated rings. The maximum Gasteiger partial charge on any atom is 0.227 e. The predicted molar refractivity (Wildman–Crippen MR) is 108 cm³/mol. The van der Waals surface area contributed by atoms with Gasteiger partial charge in [0.15, 0.2) is 17.0 Å². The molecule has 2 aromatic carbocycles. The van der Waals surface area contributed by atoms with Crippen LogP contribution in [0.2, 0.25) is 0 Å². The van der Waals surface area contributed by atoms with Crippen LogP contribution in [-0.4, -0.2) is 19.9 Å². The van der Waals surface area contributed by atoms with Gasteiger partial charge in [0.25, 0.3) is 0 Å². The van der Waals surface area contributed by atoms with E-state index < -0.39 is 0 Å². The zero-order valence-electron chi connectivity index (χ0n) is 15.3. The number of rotatable bonds is 5. The number of aromatic nitrogens is 4. The highest BCUT2D eigenvalue weighted by Gasteiger charge is 2.10. The van der Waals surface area contributed by atoms with Crippen molar-refractivity contribution in [2.45, 2.75) is 20.4 Å². The van der Waals surface area contributed by atoms with Gasteiger partial charge in [-0.25, -0.2) is 9.97 Å². The molecule has 2 N–H and O–H groups in total. The highest BCUT2D eigenvalue weighted by Crippen LogP contribution is 2.24. The number of nitrogens with zero attached hydrogens (tertiary/aromatic N) is 4. The number of hydrogen-bond donors (Lipinski definition) is 2. The first kappa shape index (κ1) is 16.9. The minimum Gasteiger partial charge on any atom is -0.350 e. The third-order valence-corrected chi connectivity index (χ3v) is 4.40. The maximum atomic E-state index is 4.63. The number of benzene rings is 2. The van der Waals surface area contributed by atoms with Crippen LogP contribution in [0.15, 0.2) is 60.9 Å². The molecule has 6 heteroatoms. The lowest BCUT2D eigenvalue weighted by atomic mass is 10.1. The van der Waals surface area contributed by atoms with Crippen LogP contribution in [-0.2, 0) is 6.54 Å². The van der Waals surface area contributed by atoms with Gasteiger partial charge in [0, 0.05) is 24.6 Å². The Kier molecular flexibility index (Phi) is 4.61. The first-order valence-electron chi connectivity index (χ1n) is 8.80. The number of aryl methyl sites for hydroxylation is 2. The van der Waals surface area contributed by atoms with Crippen molar-refractivity contribution in [1.29, 1.82) is 0 Å². The van der Waals surface area contributed by atoms with Crippen LogP contribution < -0.4 is 10.6 Å². The molecule has 0 atom stereocenters. The summed E-state index contributed by atoms with van der Waals surface area (Å²) < 4.78 is 0. The van der Waals surface area contributed by atoms with E-state index in [0.717, 1.165) is 11.3 Å². The minimum atomic E-state index is 0.512. The summed E-state index contributed by atoms with van der Waals surface area (Å²) in [5, 5.41) is 6.63. The van der Waals surface area contributed by atoms with E-state index in [1.165, 1.54) is 11.1 Å². The summed E-state index contributed by atoms with van der Waals surface area (Å²) >= 11 is 0. The van der Waals surface area contributed by atoms with Gasteiger partial charge in [0.05, 0.1) is 0 Å². The largest absolute Gasteiger partial charge is 0.350 e. The van der Waals surface area contributed by atoms with E-state index in [9.17, 15) is 0 Å². The standard InChI is InChI=1S/C21H20N6/c1-14-8-9-17(12-15(14)2)25-20-18-19(23-11-10-22-18)26-21(27-20)24-13-16-6-4-3-5-7-16/h3-12H,13H2,1-2H3,(H2,23,24,25,26,27). The lowest BCUT2D eigenvalue weighted by Crippen LogP contribution is -2.07. The van der Waals surface area contributed by atoms with E-state index in [4.69, 9.17) is 0 Å². The summed E-state index contributed by atoms with van der Waals surface area (Å²) in [5.74, 6) is 1.14. The quantitative estimate of drug-likeness (QED) is 0.552. The number of fused-ring (bicyclic) bond motifs is 1. The molecule has 4 aromatic rings. The summed E-state index contributed by atoms with van der Waals surface area (Å²) in [6, 6.07) is 16.3. The van der Waals surface area contributed by atoms with Gasteiger partial charge in [-0.1, -0.05) is 36.4 Å². The Morgan fingerprint density at radius 1 is 0.852 bits per heavy atom. The van der Waals surface area contributed by atoms with Crippen LogP contribution in [0.5, 0.6) is 0 Å². The van der Waals surface area contributed by atoms with Crippen LogP contribution in [0.4, 0.5) is 17.5 Å². The van der Waals surface area contributed by atoms with Gasteiger partial charge < -0.3 is 10.6 Å². The van der Waals surface area contributed by atoms with Crippen LogP contribution in [0, 0.1) is 13.8 Å². The molecule has 0 saturated heterocycles. The third-order valence-electron chi connectivity index (χ3n) is 4.40. The van der Waals surface area contributed by atoms with Crippen molar-refractivity contribution in [2.75, 3.05) is 10.6 Å². The fourth-order valence-electron chi connectivity index (χ4n) is 2.76. The average molecular weight is 356 g/mol. The normalized spacial score (nSPS) is 10.7. The van der Waals surface area contributed by atoms with Gasteiger partial charge in [0.2, 0.25) is 5.95 Å². The van der Waals surface area contributed by atoms with Gasteiger partial charge in [0.1, 0.15) is 0 Å². The van der Waals surface area contributed by atoms with Crippen molar-refractivity contribution in [3.05, 3.63) is 77.6 Å². The summed E-state index contributed by atoms with van der Waals surface area (Å²) in [7, 11) is 0. The second-order valence-electron chi connectivity index (χ2n) is 6.39. The number of anilines is 3. The van der Waals surface area contributed by atoms with Gasteiger partial charge in [-0.3, -0.25) is 0 Å². The molecule has 4 rings (SSSR count). The summed E-state index contributed by atoms with van der Waals surface area (Å²) in [6.07, 6.45) is 3.28. The van der Waals surface area contributed by atoms with Gasteiger partial charge in [-0.05, 0) is 42.7 Å². The van der Waals surface area contributed by atoms with Crippen LogP contribution in [0.25, 0.3) is 11.2 Å². The molecule has 0 amide bonds. The first-order chi connectivity index (χ1) is 13.2. The van der Waals surface area contributed by atoms with E-state index in [1.54, 1.807) is 12.4 Å². The van der Waals surface area contributed by atoms with Gasteiger partial charge in [-0.15, -0.1) is 0 Å². The Labute approximate surface area is 157 Å². The monoisotopic (exact) mass is 356 g/mol. The average Bonchev–Trinajstić information content (AvgIpc) is 2.70. The number of nitrogens with one attached hydrogen (secondary N) is 2. The molecule has 0 aliphatic carbocycles. The maximum absolute atomic E-state index is 4.63. The molecule has 27 heavy (non-hydrogen) atoms. The lowest BCUT2D eigenvalue weighted by molar-refractivity contribution is 1.06. The molecule has 0 radical (unpaired) electrons. The van der Waals surface area contributed by atoms with E-state index in [-0.39, 0.29) is 0 Å². The zero-order valence-corrected chi connectivity index (χ0v) is 15.3. The Balaban J connectivity index is 1.66. The summed E-state index contributed by atoms with van der Waals surface area (Å²) in [5.41, 5.74) is 5.77. The molecule has 0 bridgehead atoms. The molecule has 6 nitrogen and oxygen atoms in total. The van der Waals surface area contributed by atoms with Crippen LogP contribution in [0.1, 0.15) is 16.7 Å². The Morgan fingerprint density at radius 3 is 2.48 bits per heavy atom. The smallest absolute Gasteiger partial charge is 0.227 e. The molecule has 134 valence electrons. The highest BCUT2D eigenvalue weighted by atomic mass is 15.2. The molecule has 0 unspecified atom stereocenters. The molecular weight excluding hydrogens is 336 g/mol. The predicted octanol–water partition coefficient (Wildman–Crippen LogP) is 4.39. The lowest BCUT2D eigenvalue weighted by Gasteiger charge is -2.12. The SMILES string of the molecule is Cc1ccc(Nc2nc(NCc3ccccc3)nc3nccnc23)cc1C. The zero-order chi connectivity index (χ0) is 18.6. The second kappa shape index (κ2) is 7.37. The topological polar surface area (TPSA) is 75.6 Å². The van der Waals surface area contributed by atoms with Crippen molar-refractivity contribution in [2.24, 2.45) is 0 Å². The minimum absolute atomic E-state index is 0.512. The molecule has 0 aliphatic rings. The molecule has 0 saturated carbocycles. The Hall–Kier alpha value is -3.54. The van der Waals surface area contributed by atoms with E-state index in [2.05, 4.69) is 68.7 Å². The van der Waals surface area contributed by atoms with E-state index in [0.29, 0.717) is 29.5 Å². The van der Waals surface area contributed by atoms with E-state index >= 15 is 0 Å². The Morgan fingerprint density at radius 2 is 1.67 bits per heavy atom. The molecule has 2 heterocycles. The third kappa shape index (κ3) is 3.84. The molecule has 0 aliphatic heterocycles. The molecule has 2 aromatic heterocycles. The number of hydrogen-bond acceptors (Lipinski definition) is 6. The Bertz CT molecular complexity index is 1080. The summed E-state index contributed by atoms with van der Waals surface area (Å²) in [4.78, 5) is 17.9. The first-order valence-corrected chi connectivity index (χ1v) is 8.80. The van der Waals surface area contributed by atoms with Crippen molar-refractivity contribution >= 4 is 28.6 Å². The van der Waals surface area contributed by atoms with Crippen molar-refractivity contribution in [3.63, 3.8) is 0 Å². The van der Waals surface area contributed by atoms with Crippen LogP contribution in [0.3, 0.4) is 0 Å². The van der Waals surface area contributed by atoms with Crippen molar-refractivity contribution in [1.82, 2.24) is 19.9 Å². The molecular formula is C21H20N6. The van der Waals surface area contributed by atoms with Crippen molar-refractivity contribution < 1.29 is 0 Å². The second-order valence-corrected chi connectivity index (χ2v) is 6.39. The highest BCUT2D eigenvalue weighted by molar-refractivity contribution is 5.85. The van der Waals surface area contributed by atoms with Crippen molar-refractivity contribution in [3.8, 4) is 0 Å². The van der Waals surface area contributed by atoms with Crippen LogP contribution >= 0.6 is 0 Å².